The van der Waals surface area contributed by atoms with E-state index in [0.29, 0.717) is 25.9 Å². The molecule has 2 aromatic heterocycles. The molecular weight excluding hydrogens is 604 g/mol. The highest BCUT2D eigenvalue weighted by molar-refractivity contribution is 5.88. The molecule has 2 rings (SSSR count). The molecule has 10 nitrogen and oxygen atoms in total. The number of amides is 4. The van der Waals surface area contributed by atoms with Gasteiger partial charge in [-0.25, -0.2) is 9.13 Å². The van der Waals surface area contributed by atoms with Crippen LogP contribution >= 0.6 is 0 Å². The average molecular weight is 667 g/mol. The minimum absolute atomic E-state index is 0.00407. The Morgan fingerprint density at radius 3 is 1.19 bits per heavy atom. The van der Waals surface area contributed by atoms with Gasteiger partial charge >= 0.3 is 0 Å². The van der Waals surface area contributed by atoms with Crippen LogP contribution in [0, 0.1) is 11.8 Å². The van der Waals surface area contributed by atoms with Crippen molar-refractivity contribution in [3.8, 4) is 0 Å². The van der Waals surface area contributed by atoms with Gasteiger partial charge in [-0.2, -0.15) is 0 Å². The van der Waals surface area contributed by atoms with Crippen LogP contribution in [0.1, 0.15) is 105 Å². The third kappa shape index (κ3) is 17.9. The molecule has 10 heteroatoms. The van der Waals surface area contributed by atoms with Gasteiger partial charge in [0.1, 0.15) is 25.2 Å². The molecule has 0 unspecified atom stereocenters. The van der Waals surface area contributed by atoms with Crippen LogP contribution in [0.4, 0.5) is 0 Å². The van der Waals surface area contributed by atoms with Crippen molar-refractivity contribution in [2.75, 3.05) is 13.1 Å². The second-order valence-corrected chi connectivity index (χ2v) is 13.4. The number of rotatable bonds is 25. The van der Waals surface area contributed by atoms with Crippen molar-refractivity contribution >= 4 is 23.6 Å². The molecule has 0 spiro atoms. The van der Waals surface area contributed by atoms with E-state index < -0.39 is 12.1 Å². The maximum atomic E-state index is 12.8. The Hall–Kier alpha value is -3.82. The van der Waals surface area contributed by atoms with Crippen molar-refractivity contribution in [3.63, 3.8) is 0 Å². The van der Waals surface area contributed by atoms with E-state index in [0.717, 1.165) is 77.3 Å². The van der Waals surface area contributed by atoms with Crippen molar-refractivity contribution in [2.24, 2.45) is 11.8 Å². The summed E-state index contributed by atoms with van der Waals surface area (Å²) in [5.74, 6) is -0.443. The molecule has 2 atom stereocenters. The lowest BCUT2D eigenvalue weighted by Gasteiger charge is -2.22. The number of hydrogen-bond acceptors (Lipinski definition) is 4. The standard InChI is InChI=1S/C38H60N6O4/c1-31(2)35(41-33(45)21-11-7-15-25-43-27-17-9-18-28-43)37(47)39-23-13-5-6-14-24-40-38(48)36(32(3)4)42-34(46)22-12-8-16-26-44-29-19-10-20-30-44/h9-10,17-20,27-32,35-36H,5-8,11-16,21-26H2,1-4H3,(H2-2,39,40,41,42,45,46,47,48)/p+2/t35-,36-/m0/s1. The summed E-state index contributed by atoms with van der Waals surface area (Å²) in [6.07, 6.45) is 18.0. The number of carbonyl (C=O) groups excluding carboxylic acids is 4. The maximum Gasteiger partial charge on any atom is 0.242 e. The van der Waals surface area contributed by atoms with Gasteiger partial charge in [0.25, 0.3) is 0 Å². The monoisotopic (exact) mass is 666 g/mol. The summed E-state index contributed by atoms with van der Waals surface area (Å²) in [6.45, 7) is 10.7. The first-order valence-electron chi connectivity index (χ1n) is 18.2. The molecule has 0 aromatic carbocycles. The predicted molar refractivity (Wildman–Crippen MR) is 188 cm³/mol. The molecule has 0 aliphatic carbocycles. The number of carbonyl (C=O) groups is 4. The summed E-state index contributed by atoms with van der Waals surface area (Å²) in [5.41, 5.74) is 0. The van der Waals surface area contributed by atoms with Crippen molar-refractivity contribution in [1.82, 2.24) is 21.3 Å². The number of aryl methyl sites for hydroxylation is 2. The Balaban J connectivity index is 1.52. The first-order chi connectivity index (χ1) is 23.2. The van der Waals surface area contributed by atoms with Crippen LogP contribution < -0.4 is 30.4 Å². The number of unbranched alkanes of at least 4 members (excludes halogenated alkanes) is 7. The molecule has 0 aliphatic rings. The first kappa shape index (κ1) is 40.4. The number of pyridine rings is 2. The fourth-order valence-electron chi connectivity index (χ4n) is 5.49. The maximum absolute atomic E-state index is 12.8. The SMILES string of the molecule is CC(C)[C@H](NC(=O)CCCCC[n+]1ccccc1)C(=O)NCCCCCCNC(=O)[C@@H](NC(=O)CCCCC[n+]1ccccc1)C(C)C. The second-order valence-electron chi connectivity index (χ2n) is 13.4. The van der Waals surface area contributed by atoms with Crippen LogP contribution in [0.25, 0.3) is 0 Å². The van der Waals surface area contributed by atoms with Crippen molar-refractivity contribution in [3.05, 3.63) is 61.2 Å². The van der Waals surface area contributed by atoms with Gasteiger partial charge in [0.05, 0.1) is 0 Å². The van der Waals surface area contributed by atoms with E-state index in [-0.39, 0.29) is 35.5 Å². The lowest BCUT2D eigenvalue weighted by Crippen LogP contribution is -2.50. The van der Waals surface area contributed by atoms with Crippen LogP contribution in [0.5, 0.6) is 0 Å². The highest BCUT2D eigenvalue weighted by atomic mass is 16.2. The van der Waals surface area contributed by atoms with E-state index >= 15 is 0 Å². The Morgan fingerprint density at radius 2 is 0.833 bits per heavy atom. The smallest absolute Gasteiger partial charge is 0.242 e. The quantitative estimate of drug-likeness (QED) is 0.0939. The third-order valence-corrected chi connectivity index (χ3v) is 8.43. The molecular formula is C38H62N6O4+2. The van der Waals surface area contributed by atoms with Crippen LogP contribution in [0.2, 0.25) is 0 Å². The van der Waals surface area contributed by atoms with Gasteiger partial charge in [0.15, 0.2) is 24.8 Å². The average Bonchev–Trinajstić information content (AvgIpc) is 3.07. The van der Waals surface area contributed by atoms with Crippen molar-refractivity contribution < 1.29 is 28.3 Å². The highest BCUT2D eigenvalue weighted by Gasteiger charge is 2.24. The lowest BCUT2D eigenvalue weighted by molar-refractivity contribution is -0.697. The van der Waals surface area contributed by atoms with E-state index in [4.69, 9.17) is 0 Å². The fraction of sp³-hybridized carbons (Fsp3) is 0.632. The topological polar surface area (TPSA) is 124 Å². The molecule has 0 radical (unpaired) electrons. The summed E-state index contributed by atoms with van der Waals surface area (Å²) in [6, 6.07) is 11.0. The van der Waals surface area contributed by atoms with Crippen LogP contribution in [0.15, 0.2) is 61.2 Å². The minimum Gasteiger partial charge on any atom is -0.354 e. The minimum atomic E-state index is -0.541. The van der Waals surface area contributed by atoms with Gasteiger partial charge in [-0.15, -0.1) is 0 Å². The molecule has 2 heterocycles. The molecule has 4 N–H and O–H groups in total. The fourth-order valence-corrected chi connectivity index (χ4v) is 5.49. The van der Waals surface area contributed by atoms with Crippen molar-refractivity contribution in [1.29, 1.82) is 0 Å². The van der Waals surface area contributed by atoms with Crippen LogP contribution in [-0.4, -0.2) is 48.8 Å². The molecule has 48 heavy (non-hydrogen) atoms. The number of hydrogen-bond donors (Lipinski definition) is 4. The largest absolute Gasteiger partial charge is 0.354 e. The normalized spacial score (nSPS) is 12.4. The zero-order valence-corrected chi connectivity index (χ0v) is 29.9. The molecule has 0 aliphatic heterocycles. The first-order valence-corrected chi connectivity index (χ1v) is 18.2. The summed E-state index contributed by atoms with van der Waals surface area (Å²) >= 11 is 0. The number of aromatic nitrogens is 2. The Labute approximate surface area is 288 Å². The zero-order chi connectivity index (χ0) is 35.0. The molecule has 0 saturated carbocycles. The van der Waals surface area contributed by atoms with E-state index in [1.165, 1.54) is 0 Å². The summed E-state index contributed by atoms with van der Waals surface area (Å²) in [5, 5.41) is 11.8. The Bertz CT molecular complexity index is 1100. The summed E-state index contributed by atoms with van der Waals surface area (Å²) in [7, 11) is 0. The number of nitrogens with one attached hydrogen (secondary N) is 4. The molecule has 4 amide bonds. The lowest BCUT2D eigenvalue weighted by atomic mass is 10.0. The Morgan fingerprint density at radius 1 is 0.479 bits per heavy atom. The van der Waals surface area contributed by atoms with Crippen LogP contribution in [-0.2, 0) is 32.3 Å². The molecule has 2 aromatic rings. The van der Waals surface area contributed by atoms with Gasteiger partial charge in [0, 0.05) is 63.0 Å². The van der Waals surface area contributed by atoms with Gasteiger partial charge in [-0.3, -0.25) is 19.2 Å². The Kier molecular flexibility index (Phi) is 20.5. The second kappa shape index (κ2) is 24.3. The van der Waals surface area contributed by atoms with Crippen molar-refractivity contribution in [2.45, 2.75) is 130 Å². The molecule has 0 saturated heterocycles. The van der Waals surface area contributed by atoms with Gasteiger partial charge < -0.3 is 21.3 Å². The molecule has 0 fully saturated rings. The summed E-state index contributed by atoms with van der Waals surface area (Å²) in [4.78, 5) is 50.6. The zero-order valence-electron chi connectivity index (χ0n) is 29.9. The predicted octanol–water partition coefficient (Wildman–Crippen LogP) is 4.16. The van der Waals surface area contributed by atoms with Gasteiger partial charge in [-0.05, 0) is 50.4 Å². The van der Waals surface area contributed by atoms with E-state index in [1.807, 2.05) is 88.9 Å². The van der Waals surface area contributed by atoms with Gasteiger partial charge in [-0.1, -0.05) is 52.7 Å². The van der Waals surface area contributed by atoms with E-state index in [2.05, 4.69) is 30.4 Å². The van der Waals surface area contributed by atoms with Gasteiger partial charge in [0.2, 0.25) is 23.6 Å². The van der Waals surface area contributed by atoms with E-state index in [1.54, 1.807) is 0 Å². The molecule has 266 valence electrons. The highest BCUT2D eigenvalue weighted by Crippen LogP contribution is 2.07. The number of nitrogens with zero attached hydrogens (tertiary/aromatic N) is 2. The summed E-state index contributed by atoms with van der Waals surface area (Å²) < 4.78 is 4.28. The van der Waals surface area contributed by atoms with Crippen LogP contribution in [0.3, 0.4) is 0 Å². The molecule has 0 bridgehead atoms. The third-order valence-electron chi connectivity index (χ3n) is 8.43. The van der Waals surface area contributed by atoms with E-state index in [9.17, 15) is 19.2 Å².